The third kappa shape index (κ3) is 4.50. The zero-order chi connectivity index (χ0) is 13.5. The highest BCUT2D eigenvalue weighted by molar-refractivity contribution is 5.92. The van der Waals surface area contributed by atoms with Gasteiger partial charge in [-0.1, -0.05) is 6.92 Å². The molecule has 0 saturated carbocycles. The van der Waals surface area contributed by atoms with Gasteiger partial charge in [-0.05, 0) is 25.5 Å². The summed E-state index contributed by atoms with van der Waals surface area (Å²) in [6.07, 6.45) is 0.949. The number of rotatable bonds is 6. The number of benzene rings is 1. The zero-order valence-electron chi connectivity index (χ0n) is 10.5. The van der Waals surface area contributed by atoms with Gasteiger partial charge < -0.3 is 10.6 Å². The van der Waals surface area contributed by atoms with Crippen LogP contribution in [0.25, 0.3) is 0 Å². The highest BCUT2D eigenvalue weighted by Gasteiger charge is 2.07. The van der Waals surface area contributed by atoms with Crippen LogP contribution in [0.3, 0.4) is 0 Å². The van der Waals surface area contributed by atoms with Gasteiger partial charge in [0.15, 0.2) is 0 Å². The fourth-order valence-corrected chi connectivity index (χ4v) is 1.28. The minimum absolute atomic E-state index is 0.00530. The number of carbonyl (C=O) groups excluding carboxylic acids is 1. The Morgan fingerprint density at radius 2 is 2.00 bits per heavy atom. The van der Waals surface area contributed by atoms with Gasteiger partial charge in [-0.25, -0.2) is 0 Å². The number of amides is 1. The molecule has 1 amide bonds. The van der Waals surface area contributed by atoms with Crippen molar-refractivity contribution in [2.45, 2.75) is 26.3 Å². The predicted octanol–water partition coefficient (Wildman–Crippen LogP) is 1.92. The molecule has 0 aliphatic heterocycles. The summed E-state index contributed by atoms with van der Waals surface area (Å²) >= 11 is 0. The number of anilines is 1. The van der Waals surface area contributed by atoms with Crippen LogP contribution in [-0.4, -0.2) is 23.4 Å². The Labute approximate surface area is 106 Å². The van der Waals surface area contributed by atoms with Gasteiger partial charge in [-0.3, -0.25) is 14.9 Å². The molecule has 0 aliphatic rings. The van der Waals surface area contributed by atoms with Gasteiger partial charge in [0, 0.05) is 23.9 Å². The van der Waals surface area contributed by atoms with Crippen molar-refractivity contribution in [3.8, 4) is 0 Å². The highest BCUT2D eigenvalue weighted by atomic mass is 16.6. The molecular formula is C12H17N3O3. The van der Waals surface area contributed by atoms with Crippen LogP contribution in [0, 0.1) is 10.1 Å². The molecule has 1 atom stereocenters. The van der Waals surface area contributed by atoms with Gasteiger partial charge in [0.05, 0.1) is 11.5 Å². The van der Waals surface area contributed by atoms with Crippen LogP contribution >= 0.6 is 0 Å². The monoisotopic (exact) mass is 251 g/mol. The van der Waals surface area contributed by atoms with E-state index in [1.807, 2.05) is 13.8 Å². The molecule has 98 valence electrons. The number of nitrogens with zero attached hydrogens (tertiary/aromatic N) is 1. The van der Waals surface area contributed by atoms with E-state index in [4.69, 9.17) is 0 Å². The van der Waals surface area contributed by atoms with E-state index in [0.717, 1.165) is 6.42 Å². The van der Waals surface area contributed by atoms with E-state index in [1.165, 1.54) is 24.3 Å². The predicted molar refractivity (Wildman–Crippen MR) is 69.5 cm³/mol. The molecule has 1 aromatic rings. The number of nitrogens with one attached hydrogen (secondary N) is 2. The Morgan fingerprint density at radius 3 is 2.50 bits per heavy atom. The third-order valence-corrected chi connectivity index (χ3v) is 2.59. The summed E-state index contributed by atoms with van der Waals surface area (Å²) in [5.41, 5.74) is 0.558. The van der Waals surface area contributed by atoms with Crippen molar-refractivity contribution in [3.05, 3.63) is 34.4 Å². The molecule has 0 fully saturated rings. The number of nitro groups is 1. The van der Waals surface area contributed by atoms with Gasteiger partial charge >= 0.3 is 0 Å². The first-order chi connectivity index (χ1) is 8.52. The molecule has 0 bridgehead atoms. The minimum Gasteiger partial charge on any atom is -0.325 e. The summed E-state index contributed by atoms with van der Waals surface area (Å²) < 4.78 is 0. The van der Waals surface area contributed by atoms with Gasteiger partial charge in [0.2, 0.25) is 5.91 Å². The van der Waals surface area contributed by atoms with E-state index >= 15 is 0 Å². The quantitative estimate of drug-likeness (QED) is 0.597. The van der Waals surface area contributed by atoms with Gasteiger partial charge in [0.25, 0.3) is 5.69 Å². The molecule has 0 aliphatic carbocycles. The molecule has 0 saturated heterocycles. The van der Waals surface area contributed by atoms with Gasteiger partial charge in [-0.2, -0.15) is 0 Å². The largest absolute Gasteiger partial charge is 0.325 e. The van der Waals surface area contributed by atoms with Crippen molar-refractivity contribution in [2.24, 2.45) is 0 Å². The molecule has 0 aromatic heterocycles. The van der Waals surface area contributed by atoms with Crippen molar-refractivity contribution in [1.29, 1.82) is 0 Å². The lowest BCUT2D eigenvalue weighted by atomic mass is 10.2. The summed E-state index contributed by atoms with van der Waals surface area (Å²) in [4.78, 5) is 21.5. The molecule has 1 aromatic carbocycles. The van der Waals surface area contributed by atoms with E-state index in [9.17, 15) is 14.9 Å². The van der Waals surface area contributed by atoms with Crippen LogP contribution in [0.1, 0.15) is 20.3 Å². The maximum absolute atomic E-state index is 11.5. The lowest BCUT2D eigenvalue weighted by Crippen LogP contribution is -2.33. The van der Waals surface area contributed by atoms with E-state index in [0.29, 0.717) is 5.69 Å². The fraction of sp³-hybridized carbons (Fsp3) is 0.417. The Kier molecular flexibility index (Phi) is 5.26. The normalized spacial score (nSPS) is 11.9. The Balaban J connectivity index is 2.47. The second-order valence-electron chi connectivity index (χ2n) is 4.04. The van der Waals surface area contributed by atoms with Crippen LogP contribution in [0.4, 0.5) is 11.4 Å². The third-order valence-electron chi connectivity index (χ3n) is 2.59. The molecule has 0 spiro atoms. The SMILES string of the molecule is CCC(C)NCC(=O)Nc1ccc([N+](=O)[O-])cc1. The van der Waals surface area contributed by atoms with Crippen LogP contribution in [-0.2, 0) is 4.79 Å². The molecule has 6 nitrogen and oxygen atoms in total. The smallest absolute Gasteiger partial charge is 0.269 e. The van der Waals surface area contributed by atoms with Crippen molar-refractivity contribution >= 4 is 17.3 Å². The Bertz CT molecular complexity index is 417. The maximum atomic E-state index is 11.5. The van der Waals surface area contributed by atoms with E-state index in [1.54, 1.807) is 0 Å². The number of hydrogen-bond acceptors (Lipinski definition) is 4. The highest BCUT2D eigenvalue weighted by Crippen LogP contribution is 2.15. The molecule has 1 rings (SSSR count). The first-order valence-corrected chi connectivity index (χ1v) is 5.80. The summed E-state index contributed by atoms with van der Waals surface area (Å²) in [7, 11) is 0. The lowest BCUT2D eigenvalue weighted by molar-refractivity contribution is -0.384. The topological polar surface area (TPSA) is 84.3 Å². The summed E-state index contributed by atoms with van der Waals surface area (Å²) in [6.45, 7) is 4.26. The lowest BCUT2D eigenvalue weighted by Gasteiger charge is -2.11. The molecule has 1 unspecified atom stereocenters. The van der Waals surface area contributed by atoms with Crippen molar-refractivity contribution < 1.29 is 9.72 Å². The van der Waals surface area contributed by atoms with Crippen molar-refractivity contribution in [1.82, 2.24) is 5.32 Å². The summed E-state index contributed by atoms with van der Waals surface area (Å²) in [5.74, 6) is -0.163. The zero-order valence-corrected chi connectivity index (χ0v) is 10.5. The maximum Gasteiger partial charge on any atom is 0.269 e. The van der Waals surface area contributed by atoms with Crippen molar-refractivity contribution in [3.63, 3.8) is 0 Å². The molecule has 18 heavy (non-hydrogen) atoms. The number of carbonyl (C=O) groups is 1. The minimum atomic E-state index is -0.476. The molecule has 6 heteroatoms. The van der Waals surface area contributed by atoms with Crippen molar-refractivity contribution in [2.75, 3.05) is 11.9 Å². The summed E-state index contributed by atoms with van der Waals surface area (Å²) in [6, 6.07) is 6.03. The van der Waals surface area contributed by atoms with Gasteiger partial charge in [0.1, 0.15) is 0 Å². The second-order valence-corrected chi connectivity index (χ2v) is 4.04. The molecular weight excluding hydrogens is 234 g/mol. The Morgan fingerprint density at radius 1 is 1.39 bits per heavy atom. The molecule has 2 N–H and O–H groups in total. The molecule has 0 heterocycles. The van der Waals surface area contributed by atoms with E-state index < -0.39 is 4.92 Å². The fourth-order valence-electron chi connectivity index (χ4n) is 1.28. The summed E-state index contributed by atoms with van der Waals surface area (Å²) in [5, 5.41) is 16.2. The average molecular weight is 251 g/mol. The Hall–Kier alpha value is -1.95. The molecule has 0 radical (unpaired) electrons. The van der Waals surface area contributed by atoms with Crippen LogP contribution in [0.2, 0.25) is 0 Å². The first kappa shape index (κ1) is 14.1. The standard InChI is InChI=1S/C12H17N3O3/c1-3-9(2)13-8-12(16)14-10-4-6-11(7-5-10)15(17)18/h4-7,9,13H,3,8H2,1-2H3,(H,14,16). The van der Waals surface area contributed by atoms with Gasteiger partial charge in [-0.15, -0.1) is 0 Å². The number of non-ortho nitro benzene ring substituents is 1. The van der Waals surface area contributed by atoms with E-state index in [-0.39, 0.29) is 24.2 Å². The second kappa shape index (κ2) is 6.70. The number of hydrogen-bond donors (Lipinski definition) is 2. The van der Waals surface area contributed by atoms with Crippen LogP contribution < -0.4 is 10.6 Å². The number of nitro benzene ring substituents is 1. The van der Waals surface area contributed by atoms with E-state index in [2.05, 4.69) is 10.6 Å². The first-order valence-electron chi connectivity index (χ1n) is 5.80. The average Bonchev–Trinajstić information content (AvgIpc) is 2.36. The van der Waals surface area contributed by atoms with Crippen LogP contribution in [0.15, 0.2) is 24.3 Å². The van der Waals surface area contributed by atoms with Crippen LogP contribution in [0.5, 0.6) is 0 Å².